The summed E-state index contributed by atoms with van der Waals surface area (Å²) in [5, 5.41) is 11.7. The van der Waals surface area contributed by atoms with Gasteiger partial charge in [-0.15, -0.1) is 0 Å². The predicted octanol–water partition coefficient (Wildman–Crippen LogP) is 4.58. The number of aromatic carboxylic acids is 1. The molecule has 1 saturated heterocycles. The average molecular weight is 465 g/mol. The Morgan fingerprint density at radius 3 is 2.55 bits per heavy atom. The van der Waals surface area contributed by atoms with E-state index >= 15 is 0 Å². The lowest BCUT2D eigenvalue weighted by molar-refractivity contribution is -0.122. The van der Waals surface area contributed by atoms with Gasteiger partial charge in [-0.25, -0.2) is 14.5 Å². The van der Waals surface area contributed by atoms with Crippen molar-refractivity contribution in [1.29, 1.82) is 0 Å². The number of hydrogen-bond donors (Lipinski definition) is 2. The molecule has 0 spiro atoms. The monoisotopic (exact) mass is 464 g/mol. The number of furan rings is 1. The highest BCUT2D eigenvalue weighted by Gasteiger charge is 2.37. The molecule has 3 aromatic rings. The van der Waals surface area contributed by atoms with Gasteiger partial charge in [0.15, 0.2) is 0 Å². The molecule has 33 heavy (non-hydrogen) atoms. The quantitative estimate of drug-likeness (QED) is 0.431. The molecule has 0 radical (unpaired) electrons. The Kier molecular flexibility index (Phi) is 5.61. The first-order chi connectivity index (χ1) is 15.7. The number of amides is 4. The van der Waals surface area contributed by atoms with Crippen molar-refractivity contribution < 1.29 is 28.7 Å². The molecule has 2 aromatic carbocycles. The van der Waals surface area contributed by atoms with E-state index in [2.05, 4.69) is 5.32 Å². The van der Waals surface area contributed by atoms with Crippen molar-refractivity contribution in [3.05, 3.63) is 81.6 Å². The van der Waals surface area contributed by atoms with Gasteiger partial charge < -0.3 is 9.52 Å². The van der Waals surface area contributed by atoms with Crippen LogP contribution in [0.1, 0.15) is 27.2 Å². The number of imide groups is 2. The molecular formula is C24H17ClN2O6. The second-order valence-corrected chi connectivity index (χ2v) is 7.79. The summed E-state index contributed by atoms with van der Waals surface area (Å²) in [6.07, 6.45) is 1.25. The number of halogens is 1. The van der Waals surface area contributed by atoms with Crippen molar-refractivity contribution in [3.63, 3.8) is 0 Å². The zero-order valence-electron chi connectivity index (χ0n) is 17.5. The first-order valence-corrected chi connectivity index (χ1v) is 10.2. The van der Waals surface area contributed by atoms with Crippen LogP contribution in [0.25, 0.3) is 17.4 Å². The number of carboxylic acid groups (broad SMARTS) is 1. The minimum absolute atomic E-state index is 0.149. The fourth-order valence-corrected chi connectivity index (χ4v) is 3.67. The van der Waals surface area contributed by atoms with E-state index in [0.29, 0.717) is 27.5 Å². The van der Waals surface area contributed by atoms with Crippen LogP contribution in [0.5, 0.6) is 0 Å². The van der Waals surface area contributed by atoms with Crippen LogP contribution in [-0.4, -0.2) is 28.9 Å². The molecule has 8 nitrogen and oxygen atoms in total. The fraction of sp³-hybridized carbons (Fsp3) is 0.0833. The third kappa shape index (κ3) is 4.04. The molecule has 0 unspecified atom stereocenters. The van der Waals surface area contributed by atoms with E-state index < -0.39 is 23.8 Å². The van der Waals surface area contributed by atoms with E-state index in [1.54, 1.807) is 50.2 Å². The summed E-state index contributed by atoms with van der Waals surface area (Å²) < 4.78 is 5.78. The molecule has 0 bridgehead atoms. The van der Waals surface area contributed by atoms with E-state index in [9.17, 15) is 19.2 Å². The molecule has 4 rings (SSSR count). The molecule has 0 atom stereocenters. The van der Waals surface area contributed by atoms with Crippen LogP contribution >= 0.6 is 11.6 Å². The molecule has 0 aliphatic carbocycles. The van der Waals surface area contributed by atoms with Crippen molar-refractivity contribution in [3.8, 4) is 11.3 Å². The van der Waals surface area contributed by atoms with Gasteiger partial charge in [0.05, 0.1) is 11.3 Å². The fourth-order valence-electron chi connectivity index (χ4n) is 3.51. The highest BCUT2D eigenvalue weighted by atomic mass is 35.5. The first kappa shape index (κ1) is 22.0. The predicted molar refractivity (Wildman–Crippen MR) is 121 cm³/mol. The number of carboxylic acids is 1. The number of rotatable bonds is 4. The van der Waals surface area contributed by atoms with Crippen molar-refractivity contribution in [2.75, 3.05) is 4.90 Å². The highest BCUT2D eigenvalue weighted by Crippen LogP contribution is 2.31. The number of barbiturate groups is 1. The van der Waals surface area contributed by atoms with Gasteiger partial charge in [-0.3, -0.25) is 14.9 Å². The zero-order valence-corrected chi connectivity index (χ0v) is 18.3. The van der Waals surface area contributed by atoms with Gasteiger partial charge in [0.25, 0.3) is 11.8 Å². The maximum atomic E-state index is 13.1. The second-order valence-electron chi connectivity index (χ2n) is 7.38. The highest BCUT2D eigenvalue weighted by molar-refractivity contribution is 6.39. The van der Waals surface area contributed by atoms with Crippen LogP contribution in [0.2, 0.25) is 5.02 Å². The smallest absolute Gasteiger partial charge is 0.335 e. The van der Waals surface area contributed by atoms with Crippen molar-refractivity contribution in [2.45, 2.75) is 13.8 Å². The summed E-state index contributed by atoms with van der Waals surface area (Å²) in [4.78, 5) is 49.9. The van der Waals surface area contributed by atoms with E-state index in [1.165, 1.54) is 18.2 Å². The summed E-state index contributed by atoms with van der Waals surface area (Å²) in [5.74, 6) is -2.05. The molecule has 1 aliphatic rings. The van der Waals surface area contributed by atoms with Gasteiger partial charge in [0.1, 0.15) is 17.1 Å². The summed E-state index contributed by atoms with van der Waals surface area (Å²) in [6.45, 7) is 3.41. The molecule has 1 fully saturated rings. The standard InChI is InChI=1S/C24H17ClN2O6/c1-12-10-14(23(30)31)6-8-16(12)20-9-7-15(33-20)11-17-21(28)26-24(32)27(22(17)29)19-5-3-4-18(25)13(19)2/h3-11H,1-2H3,(H,30,31)(H,26,28,32)/b17-11+. The molecule has 4 amide bonds. The second kappa shape index (κ2) is 8.40. The largest absolute Gasteiger partial charge is 0.478 e. The Balaban J connectivity index is 1.69. The third-order valence-corrected chi connectivity index (χ3v) is 5.64. The van der Waals surface area contributed by atoms with Gasteiger partial charge in [-0.1, -0.05) is 23.7 Å². The van der Waals surface area contributed by atoms with Crippen LogP contribution in [0.4, 0.5) is 10.5 Å². The molecule has 9 heteroatoms. The number of anilines is 1. The minimum Gasteiger partial charge on any atom is -0.478 e. The number of benzene rings is 2. The lowest BCUT2D eigenvalue weighted by Gasteiger charge is -2.27. The minimum atomic E-state index is -1.04. The normalized spacial score (nSPS) is 15.2. The van der Waals surface area contributed by atoms with Crippen LogP contribution in [-0.2, 0) is 9.59 Å². The van der Waals surface area contributed by atoms with Gasteiger partial charge in [-0.05, 0) is 67.4 Å². The Morgan fingerprint density at radius 2 is 1.85 bits per heavy atom. The van der Waals surface area contributed by atoms with Crippen LogP contribution in [0.15, 0.2) is 58.5 Å². The number of urea groups is 1. The molecule has 2 heterocycles. The third-order valence-electron chi connectivity index (χ3n) is 5.23. The van der Waals surface area contributed by atoms with E-state index in [1.807, 2.05) is 0 Å². The molecule has 2 N–H and O–H groups in total. The van der Waals surface area contributed by atoms with E-state index in [-0.39, 0.29) is 22.6 Å². The molecule has 1 aliphatic heterocycles. The summed E-state index contributed by atoms with van der Waals surface area (Å²) in [7, 11) is 0. The summed E-state index contributed by atoms with van der Waals surface area (Å²) >= 11 is 6.13. The van der Waals surface area contributed by atoms with Crippen molar-refractivity contribution in [2.24, 2.45) is 0 Å². The SMILES string of the molecule is Cc1cc(C(=O)O)ccc1-c1ccc(/C=C2\C(=O)NC(=O)N(c3cccc(Cl)c3C)C2=O)o1. The summed E-state index contributed by atoms with van der Waals surface area (Å²) in [6, 6.07) is 11.7. The number of hydrogen-bond acceptors (Lipinski definition) is 5. The number of nitrogens with one attached hydrogen (secondary N) is 1. The number of aryl methyl sites for hydroxylation is 1. The lowest BCUT2D eigenvalue weighted by atomic mass is 10.0. The maximum absolute atomic E-state index is 13.1. The van der Waals surface area contributed by atoms with Crippen LogP contribution in [0, 0.1) is 13.8 Å². The Morgan fingerprint density at radius 1 is 1.09 bits per heavy atom. The Labute approximate surface area is 193 Å². The number of nitrogens with zero attached hydrogens (tertiary/aromatic N) is 1. The zero-order chi connectivity index (χ0) is 23.9. The Bertz CT molecular complexity index is 1370. The van der Waals surface area contributed by atoms with Crippen molar-refractivity contribution in [1.82, 2.24) is 5.32 Å². The lowest BCUT2D eigenvalue weighted by Crippen LogP contribution is -2.54. The van der Waals surface area contributed by atoms with Gasteiger partial charge >= 0.3 is 12.0 Å². The van der Waals surface area contributed by atoms with Gasteiger partial charge in [-0.2, -0.15) is 0 Å². The first-order valence-electron chi connectivity index (χ1n) is 9.78. The molecular weight excluding hydrogens is 448 g/mol. The summed E-state index contributed by atoms with van der Waals surface area (Å²) in [5.41, 5.74) is 1.98. The van der Waals surface area contributed by atoms with Gasteiger partial charge in [0, 0.05) is 10.6 Å². The van der Waals surface area contributed by atoms with Crippen LogP contribution in [0.3, 0.4) is 0 Å². The molecule has 1 aromatic heterocycles. The van der Waals surface area contributed by atoms with Gasteiger partial charge in [0.2, 0.25) is 0 Å². The number of carbonyl (C=O) groups is 4. The Hall–Kier alpha value is -4.17. The maximum Gasteiger partial charge on any atom is 0.335 e. The topological polar surface area (TPSA) is 117 Å². The molecule has 166 valence electrons. The van der Waals surface area contributed by atoms with E-state index in [4.69, 9.17) is 21.1 Å². The van der Waals surface area contributed by atoms with E-state index in [0.717, 1.165) is 4.90 Å². The average Bonchev–Trinajstić information content (AvgIpc) is 3.22. The van der Waals surface area contributed by atoms with Crippen molar-refractivity contribution >= 4 is 47.2 Å². The molecule has 0 saturated carbocycles. The van der Waals surface area contributed by atoms with Crippen LogP contribution < -0.4 is 10.2 Å². The number of carbonyl (C=O) groups excluding carboxylic acids is 3.